The number of benzene rings is 2. The Kier molecular flexibility index (Phi) is 6.63. The highest BCUT2D eigenvalue weighted by molar-refractivity contribution is 6.36. The van der Waals surface area contributed by atoms with Gasteiger partial charge in [0.2, 0.25) is 0 Å². The van der Waals surface area contributed by atoms with Crippen LogP contribution in [-0.2, 0) is 9.53 Å². The molecule has 0 amide bonds. The predicted octanol–water partition coefficient (Wildman–Crippen LogP) is 5.11. The van der Waals surface area contributed by atoms with Crippen molar-refractivity contribution in [3.63, 3.8) is 0 Å². The Morgan fingerprint density at radius 1 is 1.22 bits per heavy atom. The maximum Gasteiger partial charge on any atom is 0.308 e. The van der Waals surface area contributed by atoms with E-state index in [1.807, 2.05) is 30.3 Å². The van der Waals surface area contributed by atoms with E-state index in [-0.39, 0.29) is 18.4 Å². The van der Waals surface area contributed by atoms with Crippen LogP contribution in [0.3, 0.4) is 0 Å². The normalized spacial score (nSPS) is 12.3. The first-order valence-corrected chi connectivity index (χ1v) is 8.04. The van der Waals surface area contributed by atoms with E-state index in [1.54, 1.807) is 31.3 Å². The Morgan fingerprint density at radius 3 is 2.61 bits per heavy atom. The van der Waals surface area contributed by atoms with Gasteiger partial charge in [0, 0.05) is 16.8 Å². The molecule has 1 atom stereocenters. The van der Waals surface area contributed by atoms with E-state index in [2.05, 4.69) is 4.99 Å². The van der Waals surface area contributed by atoms with Crippen molar-refractivity contribution < 1.29 is 9.53 Å². The van der Waals surface area contributed by atoms with E-state index in [1.165, 1.54) is 0 Å². The lowest BCUT2D eigenvalue weighted by Gasteiger charge is -2.12. The molecular formula is C18H17Cl2NO2. The molecule has 0 spiro atoms. The summed E-state index contributed by atoms with van der Waals surface area (Å²) in [5, 5.41) is 1.09. The number of hydrogen-bond acceptors (Lipinski definition) is 3. The van der Waals surface area contributed by atoms with Crippen molar-refractivity contribution in [3.8, 4) is 0 Å². The smallest absolute Gasteiger partial charge is 0.308 e. The van der Waals surface area contributed by atoms with Gasteiger partial charge in [-0.2, -0.15) is 0 Å². The number of rotatable bonds is 6. The summed E-state index contributed by atoms with van der Waals surface area (Å²) < 4.78 is 5.03. The second-order valence-corrected chi connectivity index (χ2v) is 5.72. The molecule has 1 unspecified atom stereocenters. The molecular weight excluding hydrogens is 333 g/mol. The molecule has 120 valence electrons. The van der Waals surface area contributed by atoms with Crippen LogP contribution in [0.2, 0.25) is 10.0 Å². The van der Waals surface area contributed by atoms with E-state index in [0.717, 1.165) is 11.1 Å². The number of esters is 1. The molecule has 3 nitrogen and oxygen atoms in total. The van der Waals surface area contributed by atoms with Crippen LogP contribution in [0, 0.1) is 0 Å². The van der Waals surface area contributed by atoms with Crippen molar-refractivity contribution >= 4 is 35.4 Å². The molecule has 0 aromatic heterocycles. The van der Waals surface area contributed by atoms with Gasteiger partial charge in [-0.1, -0.05) is 59.6 Å². The van der Waals surface area contributed by atoms with E-state index in [0.29, 0.717) is 16.7 Å². The third-order valence-electron chi connectivity index (χ3n) is 3.21. The highest BCUT2D eigenvalue weighted by Crippen LogP contribution is 2.24. The lowest BCUT2D eigenvalue weighted by Crippen LogP contribution is -2.09. The van der Waals surface area contributed by atoms with Gasteiger partial charge in [0.05, 0.1) is 24.1 Å². The number of carbonyl (C=O) groups is 1. The Labute approximate surface area is 145 Å². The van der Waals surface area contributed by atoms with Crippen molar-refractivity contribution in [2.45, 2.75) is 19.4 Å². The molecule has 0 saturated carbocycles. The van der Waals surface area contributed by atoms with Gasteiger partial charge >= 0.3 is 5.97 Å². The summed E-state index contributed by atoms with van der Waals surface area (Å²) >= 11 is 12.0. The molecule has 0 aliphatic heterocycles. The third kappa shape index (κ3) is 5.38. The van der Waals surface area contributed by atoms with Crippen molar-refractivity contribution in [3.05, 3.63) is 69.7 Å². The van der Waals surface area contributed by atoms with Crippen LogP contribution >= 0.6 is 23.2 Å². The third-order valence-corrected chi connectivity index (χ3v) is 3.77. The number of carbonyl (C=O) groups excluding carboxylic acids is 1. The summed E-state index contributed by atoms with van der Waals surface area (Å²) in [5.41, 5.74) is 1.70. The summed E-state index contributed by atoms with van der Waals surface area (Å²) in [6, 6.07) is 14.5. The maximum atomic E-state index is 11.8. The van der Waals surface area contributed by atoms with Crippen LogP contribution in [0.1, 0.15) is 30.5 Å². The average molecular weight is 350 g/mol. The van der Waals surface area contributed by atoms with Gasteiger partial charge in [-0.05, 0) is 24.6 Å². The number of halogens is 2. The quantitative estimate of drug-likeness (QED) is 0.537. The van der Waals surface area contributed by atoms with Crippen molar-refractivity contribution in [2.75, 3.05) is 6.61 Å². The molecule has 2 aromatic carbocycles. The molecule has 0 heterocycles. The summed E-state index contributed by atoms with van der Waals surface area (Å²) in [5.74, 6) is -0.277. The molecule has 0 N–H and O–H groups in total. The van der Waals surface area contributed by atoms with Gasteiger partial charge in [-0.25, -0.2) is 0 Å². The van der Waals surface area contributed by atoms with Gasteiger partial charge in [-0.15, -0.1) is 0 Å². The Balaban J connectivity index is 2.23. The average Bonchev–Trinajstić information content (AvgIpc) is 2.54. The fourth-order valence-electron chi connectivity index (χ4n) is 2.09. The van der Waals surface area contributed by atoms with Gasteiger partial charge in [0.15, 0.2) is 0 Å². The van der Waals surface area contributed by atoms with Crippen molar-refractivity contribution in [1.29, 1.82) is 0 Å². The van der Waals surface area contributed by atoms with Crippen LogP contribution < -0.4 is 0 Å². The number of ether oxygens (including phenoxy) is 1. The molecule has 0 bridgehead atoms. The summed E-state index contributed by atoms with van der Waals surface area (Å²) in [4.78, 5) is 16.3. The maximum absolute atomic E-state index is 11.8. The molecule has 0 aliphatic rings. The van der Waals surface area contributed by atoms with Crippen molar-refractivity contribution in [1.82, 2.24) is 0 Å². The van der Waals surface area contributed by atoms with Crippen LogP contribution in [0.5, 0.6) is 0 Å². The first kappa shape index (κ1) is 17.5. The molecule has 0 saturated heterocycles. The van der Waals surface area contributed by atoms with E-state index >= 15 is 0 Å². The Bertz CT molecular complexity index is 687. The van der Waals surface area contributed by atoms with Gasteiger partial charge in [0.25, 0.3) is 0 Å². The minimum atomic E-state index is -0.318. The highest BCUT2D eigenvalue weighted by Gasteiger charge is 2.15. The van der Waals surface area contributed by atoms with Crippen molar-refractivity contribution in [2.24, 2.45) is 4.99 Å². The predicted molar refractivity (Wildman–Crippen MR) is 94.5 cm³/mol. The van der Waals surface area contributed by atoms with Gasteiger partial charge in [0.1, 0.15) is 0 Å². The van der Waals surface area contributed by atoms with E-state index in [4.69, 9.17) is 27.9 Å². The van der Waals surface area contributed by atoms with Crippen LogP contribution in [0.15, 0.2) is 53.5 Å². The lowest BCUT2D eigenvalue weighted by atomic mass is 10.0. The Morgan fingerprint density at radius 2 is 1.96 bits per heavy atom. The number of aliphatic imine (C=N–C) groups is 1. The summed E-state index contributed by atoms with van der Waals surface area (Å²) in [6.45, 7) is 2.14. The molecule has 5 heteroatoms. The fraction of sp³-hybridized carbons (Fsp3) is 0.222. The zero-order chi connectivity index (χ0) is 16.7. The molecule has 0 fully saturated rings. The minimum Gasteiger partial charge on any atom is -0.466 e. The fourth-order valence-corrected chi connectivity index (χ4v) is 2.54. The van der Waals surface area contributed by atoms with Gasteiger partial charge in [-0.3, -0.25) is 9.79 Å². The second kappa shape index (κ2) is 8.70. The molecule has 0 radical (unpaired) electrons. The van der Waals surface area contributed by atoms with Crippen LogP contribution in [-0.4, -0.2) is 18.8 Å². The second-order valence-electron chi connectivity index (χ2n) is 4.88. The highest BCUT2D eigenvalue weighted by atomic mass is 35.5. The number of hydrogen-bond donors (Lipinski definition) is 0. The number of nitrogens with zero attached hydrogens (tertiary/aromatic N) is 1. The molecule has 2 rings (SSSR count). The zero-order valence-corrected chi connectivity index (χ0v) is 14.2. The summed E-state index contributed by atoms with van der Waals surface area (Å²) in [6.07, 6.45) is 1.84. The molecule has 2 aromatic rings. The largest absolute Gasteiger partial charge is 0.466 e. The van der Waals surface area contributed by atoms with E-state index in [9.17, 15) is 4.79 Å². The minimum absolute atomic E-state index is 0.180. The van der Waals surface area contributed by atoms with Crippen LogP contribution in [0.25, 0.3) is 0 Å². The zero-order valence-electron chi connectivity index (χ0n) is 12.7. The topological polar surface area (TPSA) is 38.7 Å². The monoisotopic (exact) mass is 349 g/mol. The standard InChI is InChI=1S/C18H17Cl2NO2/c1-2-23-18(22)11-17(13-6-4-3-5-7-13)21-12-14-8-9-15(19)10-16(14)20/h3-10,12,17H,2,11H2,1H3. The SMILES string of the molecule is CCOC(=O)CC(N=Cc1ccc(Cl)cc1Cl)c1ccccc1. The lowest BCUT2D eigenvalue weighted by molar-refractivity contribution is -0.143. The summed E-state index contributed by atoms with van der Waals surface area (Å²) in [7, 11) is 0. The Hall–Kier alpha value is -1.84. The van der Waals surface area contributed by atoms with Crippen LogP contribution in [0.4, 0.5) is 0 Å². The first-order chi connectivity index (χ1) is 11.1. The van der Waals surface area contributed by atoms with E-state index < -0.39 is 0 Å². The first-order valence-electron chi connectivity index (χ1n) is 7.29. The molecule has 0 aliphatic carbocycles. The van der Waals surface area contributed by atoms with Gasteiger partial charge < -0.3 is 4.74 Å². The molecule has 23 heavy (non-hydrogen) atoms.